The molecule has 0 saturated carbocycles. The molecule has 110 valence electrons. The van der Waals surface area contributed by atoms with E-state index in [2.05, 4.69) is 21.2 Å². The lowest BCUT2D eigenvalue weighted by Crippen LogP contribution is -2.49. The quantitative estimate of drug-likeness (QED) is 0.841. The molecule has 0 bridgehead atoms. The molecule has 20 heavy (non-hydrogen) atoms. The van der Waals surface area contributed by atoms with Gasteiger partial charge in [-0.3, -0.25) is 4.79 Å². The standard InChI is InChI=1S/C15H21BrN2OS/c1-11(20-14-7-5-12(16)6-8-14)15(19)18-9-3-4-13(10-18)17-2/h5-8,11,13,17H,3-4,9-10H2,1-2H3. The van der Waals surface area contributed by atoms with Crippen molar-refractivity contribution in [3.8, 4) is 0 Å². The van der Waals surface area contributed by atoms with Crippen molar-refractivity contribution in [2.24, 2.45) is 0 Å². The number of halogens is 1. The highest BCUT2D eigenvalue weighted by molar-refractivity contribution is 9.10. The highest BCUT2D eigenvalue weighted by Crippen LogP contribution is 2.26. The molecule has 1 fully saturated rings. The SMILES string of the molecule is CNC1CCCN(C(=O)C(C)Sc2ccc(Br)cc2)C1. The second-order valence-corrected chi connectivity index (χ2v) is 7.46. The second-order valence-electron chi connectivity index (χ2n) is 5.13. The number of carbonyl (C=O) groups is 1. The van der Waals surface area contributed by atoms with Crippen molar-refractivity contribution in [2.75, 3.05) is 20.1 Å². The Morgan fingerprint density at radius 2 is 2.15 bits per heavy atom. The van der Waals surface area contributed by atoms with Crippen LogP contribution in [0.15, 0.2) is 33.6 Å². The van der Waals surface area contributed by atoms with Gasteiger partial charge in [0.2, 0.25) is 5.91 Å². The molecule has 1 aromatic carbocycles. The summed E-state index contributed by atoms with van der Waals surface area (Å²) >= 11 is 5.06. The molecular weight excluding hydrogens is 336 g/mol. The van der Waals surface area contributed by atoms with Crippen LogP contribution in [0.2, 0.25) is 0 Å². The number of nitrogens with one attached hydrogen (secondary N) is 1. The summed E-state index contributed by atoms with van der Waals surface area (Å²) in [5.74, 6) is 0.248. The molecule has 1 amide bonds. The summed E-state index contributed by atoms with van der Waals surface area (Å²) in [6.07, 6.45) is 2.25. The van der Waals surface area contributed by atoms with E-state index in [9.17, 15) is 4.79 Å². The van der Waals surface area contributed by atoms with Crippen LogP contribution in [0.3, 0.4) is 0 Å². The molecule has 2 atom stereocenters. The molecule has 1 aliphatic rings. The van der Waals surface area contributed by atoms with Crippen LogP contribution >= 0.6 is 27.7 Å². The first-order chi connectivity index (χ1) is 9.60. The van der Waals surface area contributed by atoms with E-state index in [-0.39, 0.29) is 11.2 Å². The largest absolute Gasteiger partial charge is 0.340 e. The average molecular weight is 357 g/mol. The maximum absolute atomic E-state index is 12.5. The van der Waals surface area contributed by atoms with Gasteiger partial charge in [-0.25, -0.2) is 0 Å². The lowest BCUT2D eigenvalue weighted by molar-refractivity contribution is -0.131. The Labute approximate surface area is 133 Å². The van der Waals surface area contributed by atoms with Crippen LogP contribution in [-0.2, 0) is 4.79 Å². The zero-order chi connectivity index (χ0) is 14.5. The van der Waals surface area contributed by atoms with E-state index in [1.807, 2.05) is 43.1 Å². The van der Waals surface area contributed by atoms with Crippen LogP contribution < -0.4 is 5.32 Å². The maximum Gasteiger partial charge on any atom is 0.235 e. The number of likely N-dealkylation sites (N-methyl/N-ethyl adjacent to an activating group) is 1. The molecule has 0 radical (unpaired) electrons. The Hall–Kier alpha value is -0.520. The Balaban J connectivity index is 1.92. The lowest BCUT2D eigenvalue weighted by Gasteiger charge is -2.34. The summed E-state index contributed by atoms with van der Waals surface area (Å²) in [4.78, 5) is 15.6. The topological polar surface area (TPSA) is 32.3 Å². The monoisotopic (exact) mass is 356 g/mol. The van der Waals surface area contributed by atoms with Crippen LogP contribution in [0.25, 0.3) is 0 Å². The molecule has 2 rings (SSSR count). The van der Waals surface area contributed by atoms with Gasteiger partial charge in [0, 0.05) is 28.5 Å². The number of likely N-dealkylation sites (tertiary alicyclic amines) is 1. The van der Waals surface area contributed by atoms with E-state index >= 15 is 0 Å². The predicted octanol–water partition coefficient (Wildman–Crippen LogP) is 3.14. The van der Waals surface area contributed by atoms with Crippen LogP contribution in [0.5, 0.6) is 0 Å². The number of amides is 1. The fourth-order valence-corrected chi connectivity index (χ4v) is 3.65. The van der Waals surface area contributed by atoms with Crippen LogP contribution in [0.4, 0.5) is 0 Å². The van der Waals surface area contributed by atoms with E-state index in [1.54, 1.807) is 11.8 Å². The Morgan fingerprint density at radius 3 is 2.80 bits per heavy atom. The number of piperidine rings is 1. The van der Waals surface area contributed by atoms with Crippen molar-refractivity contribution < 1.29 is 4.79 Å². The van der Waals surface area contributed by atoms with Gasteiger partial charge in [-0.05, 0) is 51.1 Å². The highest BCUT2D eigenvalue weighted by Gasteiger charge is 2.26. The van der Waals surface area contributed by atoms with E-state index in [4.69, 9.17) is 0 Å². The number of thioether (sulfide) groups is 1. The summed E-state index contributed by atoms with van der Waals surface area (Å²) in [5, 5.41) is 3.24. The summed E-state index contributed by atoms with van der Waals surface area (Å²) in [6, 6.07) is 8.56. The molecule has 0 aromatic heterocycles. The van der Waals surface area contributed by atoms with E-state index < -0.39 is 0 Å². The Morgan fingerprint density at radius 1 is 1.45 bits per heavy atom. The third-order valence-electron chi connectivity index (χ3n) is 3.62. The zero-order valence-electron chi connectivity index (χ0n) is 11.9. The van der Waals surface area contributed by atoms with Crippen molar-refractivity contribution in [3.63, 3.8) is 0 Å². The van der Waals surface area contributed by atoms with E-state index in [0.29, 0.717) is 6.04 Å². The van der Waals surface area contributed by atoms with Gasteiger partial charge in [-0.15, -0.1) is 11.8 Å². The minimum Gasteiger partial charge on any atom is -0.340 e. The average Bonchev–Trinajstić information content (AvgIpc) is 2.48. The molecular formula is C15H21BrN2OS. The van der Waals surface area contributed by atoms with Crippen LogP contribution in [0, 0.1) is 0 Å². The van der Waals surface area contributed by atoms with Gasteiger partial charge in [0.15, 0.2) is 0 Å². The van der Waals surface area contributed by atoms with Gasteiger partial charge < -0.3 is 10.2 Å². The summed E-state index contributed by atoms with van der Waals surface area (Å²) in [5.41, 5.74) is 0. The Kier molecular flexibility index (Phi) is 5.93. The molecule has 5 heteroatoms. The maximum atomic E-state index is 12.5. The molecule has 1 N–H and O–H groups in total. The fraction of sp³-hybridized carbons (Fsp3) is 0.533. The molecule has 1 saturated heterocycles. The molecule has 2 unspecified atom stereocenters. The van der Waals surface area contributed by atoms with Crippen LogP contribution in [-0.4, -0.2) is 42.2 Å². The number of carbonyl (C=O) groups excluding carboxylic acids is 1. The Bertz CT molecular complexity index is 452. The normalized spacial score (nSPS) is 20.8. The minimum atomic E-state index is -0.0354. The first kappa shape index (κ1) is 15.9. The molecule has 1 aliphatic heterocycles. The van der Waals surface area contributed by atoms with Gasteiger partial charge in [-0.1, -0.05) is 15.9 Å². The highest BCUT2D eigenvalue weighted by atomic mass is 79.9. The number of hydrogen-bond acceptors (Lipinski definition) is 3. The second kappa shape index (κ2) is 7.48. The summed E-state index contributed by atoms with van der Waals surface area (Å²) in [6.45, 7) is 3.72. The van der Waals surface area contributed by atoms with E-state index in [0.717, 1.165) is 35.3 Å². The number of rotatable bonds is 4. The smallest absolute Gasteiger partial charge is 0.235 e. The van der Waals surface area contributed by atoms with Crippen LogP contribution in [0.1, 0.15) is 19.8 Å². The van der Waals surface area contributed by atoms with Gasteiger partial charge in [0.05, 0.1) is 5.25 Å². The first-order valence-corrected chi connectivity index (χ1v) is 8.65. The predicted molar refractivity (Wildman–Crippen MR) is 88.1 cm³/mol. The van der Waals surface area contributed by atoms with Gasteiger partial charge in [0.25, 0.3) is 0 Å². The van der Waals surface area contributed by atoms with Gasteiger partial charge in [0.1, 0.15) is 0 Å². The molecule has 1 heterocycles. The number of benzene rings is 1. The summed E-state index contributed by atoms with van der Waals surface area (Å²) in [7, 11) is 1.97. The molecule has 0 spiro atoms. The summed E-state index contributed by atoms with van der Waals surface area (Å²) < 4.78 is 1.06. The van der Waals surface area contributed by atoms with Gasteiger partial charge >= 0.3 is 0 Å². The third kappa shape index (κ3) is 4.24. The number of hydrogen-bond donors (Lipinski definition) is 1. The van der Waals surface area contributed by atoms with Crippen molar-refractivity contribution in [1.29, 1.82) is 0 Å². The molecule has 0 aliphatic carbocycles. The van der Waals surface area contributed by atoms with Crippen molar-refractivity contribution in [2.45, 2.75) is 36.0 Å². The molecule has 3 nitrogen and oxygen atoms in total. The fourth-order valence-electron chi connectivity index (χ4n) is 2.44. The lowest BCUT2D eigenvalue weighted by atomic mass is 10.1. The van der Waals surface area contributed by atoms with Gasteiger partial charge in [-0.2, -0.15) is 0 Å². The van der Waals surface area contributed by atoms with Crippen molar-refractivity contribution in [3.05, 3.63) is 28.7 Å². The zero-order valence-corrected chi connectivity index (χ0v) is 14.3. The third-order valence-corrected chi connectivity index (χ3v) is 5.24. The van der Waals surface area contributed by atoms with Crippen molar-refractivity contribution >= 4 is 33.6 Å². The van der Waals surface area contributed by atoms with Crippen molar-refractivity contribution in [1.82, 2.24) is 10.2 Å². The minimum absolute atomic E-state index is 0.0354. The number of nitrogens with zero attached hydrogens (tertiary/aromatic N) is 1. The first-order valence-electron chi connectivity index (χ1n) is 6.98. The van der Waals surface area contributed by atoms with E-state index in [1.165, 1.54) is 0 Å². The molecule has 1 aromatic rings.